The fourth-order valence-electron chi connectivity index (χ4n) is 1.12. The summed E-state index contributed by atoms with van der Waals surface area (Å²) in [5, 5.41) is 22.0. The Bertz CT molecular complexity index is 289. The summed E-state index contributed by atoms with van der Waals surface area (Å²) in [6, 6.07) is 0. The van der Waals surface area contributed by atoms with Crippen LogP contribution in [-0.2, 0) is 12.0 Å². The van der Waals surface area contributed by atoms with E-state index < -0.39 is 6.10 Å². The molecule has 0 amide bonds. The first-order valence-electron chi connectivity index (χ1n) is 4.75. The molecule has 1 aromatic heterocycles. The second kappa shape index (κ2) is 4.11. The summed E-state index contributed by atoms with van der Waals surface area (Å²) in [5.74, 6) is 0. The van der Waals surface area contributed by atoms with Gasteiger partial charge in [-0.05, 0) is 11.0 Å². The number of aliphatic hydroxyl groups excluding tert-OH is 2. The molecule has 2 N–H and O–H groups in total. The third kappa shape index (κ3) is 2.82. The molecule has 0 bridgehead atoms. The zero-order valence-electron chi connectivity index (χ0n) is 8.94. The van der Waals surface area contributed by atoms with Crippen LogP contribution in [0.1, 0.15) is 26.3 Å². The molecule has 0 saturated carbocycles. The number of rotatable bonds is 3. The first-order valence-corrected chi connectivity index (χ1v) is 4.75. The Morgan fingerprint density at radius 1 is 1.50 bits per heavy atom. The van der Waals surface area contributed by atoms with Crippen molar-refractivity contribution >= 4 is 0 Å². The molecule has 0 radical (unpaired) electrons. The van der Waals surface area contributed by atoms with E-state index in [0.29, 0.717) is 6.54 Å². The maximum absolute atomic E-state index is 9.21. The van der Waals surface area contributed by atoms with Gasteiger partial charge in [0.05, 0.1) is 25.5 Å². The third-order valence-electron chi connectivity index (χ3n) is 2.11. The highest BCUT2D eigenvalue weighted by Gasteiger charge is 2.16. The molecule has 1 aromatic rings. The Balaban J connectivity index is 2.69. The van der Waals surface area contributed by atoms with Crippen LogP contribution in [0, 0.1) is 0 Å². The predicted molar refractivity (Wildman–Crippen MR) is 54.0 cm³/mol. The molecule has 4 nitrogen and oxygen atoms in total. The summed E-state index contributed by atoms with van der Waals surface area (Å²) >= 11 is 0. The largest absolute Gasteiger partial charge is 0.394 e. The standard InChI is InChI=1S/C10H18N2O2/c1-10(2,3)8-4-11-12(5-8)6-9(14)7-13/h4-5,9,13-14H,6-7H2,1-3H3/t9-/m0/s1. The van der Waals surface area contributed by atoms with Crippen LogP contribution in [0.3, 0.4) is 0 Å². The van der Waals surface area contributed by atoms with Gasteiger partial charge in [0.25, 0.3) is 0 Å². The fraction of sp³-hybridized carbons (Fsp3) is 0.700. The first kappa shape index (κ1) is 11.2. The highest BCUT2D eigenvalue weighted by molar-refractivity contribution is 5.15. The van der Waals surface area contributed by atoms with E-state index >= 15 is 0 Å². The van der Waals surface area contributed by atoms with Crippen LogP contribution in [0.2, 0.25) is 0 Å². The minimum atomic E-state index is -0.734. The van der Waals surface area contributed by atoms with Crippen molar-refractivity contribution in [2.75, 3.05) is 6.61 Å². The average molecular weight is 198 g/mol. The Hall–Kier alpha value is -0.870. The van der Waals surface area contributed by atoms with Crippen LogP contribution < -0.4 is 0 Å². The second-order valence-corrected chi connectivity index (χ2v) is 4.54. The van der Waals surface area contributed by atoms with E-state index in [1.165, 1.54) is 0 Å². The van der Waals surface area contributed by atoms with Gasteiger partial charge in [-0.3, -0.25) is 4.68 Å². The van der Waals surface area contributed by atoms with Gasteiger partial charge in [0, 0.05) is 6.20 Å². The van der Waals surface area contributed by atoms with E-state index in [9.17, 15) is 5.11 Å². The van der Waals surface area contributed by atoms with Crippen molar-refractivity contribution in [1.82, 2.24) is 9.78 Å². The molecule has 80 valence electrons. The van der Waals surface area contributed by atoms with E-state index in [2.05, 4.69) is 25.9 Å². The van der Waals surface area contributed by atoms with Crippen LogP contribution >= 0.6 is 0 Å². The second-order valence-electron chi connectivity index (χ2n) is 4.54. The van der Waals surface area contributed by atoms with Gasteiger partial charge < -0.3 is 10.2 Å². The Kier molecular flexibility index (Phi) is 3.29. The zero-order valence-corrected chi connectivity index (χ0v) is 8.94. The summed E-state index contributed by atoms with van der Waals surface area (Å²) in [6.45, 7) is 6.43. The van der Waals surface area contributed by atoms with Crippen molar-refractivity contribution in [3.05, 3.63) is 18.0 Å². The lowest BCUT2D eigenvalue weighted by Crippen LogP contribution is -2.20. The molecule has 0 fully saturated rings. The minimum absolute atomic E-state index is 0.0718. The van der Waals surface area contributed by atoms with Crippen LogP contribution in [-0.4, -0.2) is 32.7 Å². The van der Waals surface area contributed by atoms with Crippen LogP contribution in [0.4, 0.5) is 0 Å². The SMILES string of the molecule is CC(C)(C)c1cnn(C[C@H](O)CO)c1. The van der Waals surface area contributed by atoms with Crippen LogP contribution in [0.15, 0.2) is 12.4 Å². The van der Waals surface area contributed by atoms with Gasteiger partial charge in [-0.2, -0.15) is 5.10 Å². The highest BCUT2D eigenvalue weighted by Crippen LogP contribution is 2.20. The average Bonchev–Trinajstić information content (AvgIpc) is 2.51. The maximum Gasteiger partial charge on any atom is 0.0966 e. The fourth-order valence-corrected chi connectivity index (χ4v) is 1.12. The van der Waals surface area contributed by atoms with Crippen molar-refractivity contribution < 1.29 is 10.2 Å². The molecule has 0 aliphatic rings. The smallest absolute Gasteiger partial charge is 0.0966 e. The minimum Gasteiger partial charge on any atom is -0.394 e. The predicted octanol–water partition coefficient (Wildman–Crippen LogP) is 0.534. The van der Waals surface area contributed by atoms with Crippen LogP contribution in [0.5, 0.6) is 0 Å². The zero-order chi connectivity index (χ0) is 10.8. The molecule has 0 saturated heterocycles. The van der Waals surface area contributed by atoms with Gasteiger partial charge in [-0.15, -0.1) is 0 Å². The number of hydrogen-bond acceptors (Lipinski definition) is 3. The number of hydrogen-bond donors (Lipinski definition) is 2. The van der Waals surface area contributed by atoms with Crippen molar-refractivity contribution in [3.8, 4) is 0 Å². The molecule has 0 aromatic carbocycles. The molecule has 0 spiro atoms. The lowest BCUT2D eigenvalue weighted by molar-refractivity contribution is 0.0782. The van der Waals surface area contributed by atoms with Crippen molar-refractivity contribution in [2.45, 2.75) is 38.8 Å². The Morgan fingerprint density at radius 2 is 2.14 bits per heavy atom. The molecule has 1 atom stereocenters. The summed E-state index contributed by atoms with van der Waals surface area (Å²) in [4.78, 5) is 0. The van der Waals surface area contributed by atoms with Crippen molar-refractivity contribution in [2.24, 2.45) is 0 Å². The van der Waals surface area contributed by atoms with Gasteiger partial charge in [0.2, 0.25) is 0 Å². The molecular formula is C10H18N2O2. The van der Waals surface area contributed by atoms with Gasteiger partial charge >= 0.3 is 0 Å². The number of aliphatic hydroxyl groups is 2. The van der Waals surface area contributed by atoms with E-state index in [0.717, 1.165) is 5.56 Å². The highest BCUT2D eigenvalue weighted by atomic mass is 16.3. The lowest BCUT2D eigenvalue weighted by atomic mass is 9.90. The third-order valence-corrected chi connectivity index (χ3v) is 2.11. The summed E-state index contributed by atoms with van der Waals surface area (Å²) in [5.41, 5.74) is 1.20. The van der Waals surface area contributed by atoms with Crippen LogP contribution in [0.25, 0.3) is 0 Å². The molecule has 0 aliphatic carbocycles. The summed E-state index contributed by atoms with van der Waals surface area (Å²) in [7, 11) is 0. The molecule has 1 heterocycles. The van der Waals surface area contributed by atoms with Gasteiger partial charge in [-0.25, -0.2) is 0 Å². The van der Waals surface area contributed by atoms with E-state index in [4.69, 9.17) is 5.11 Å². The van der Waals surface area contributed by atoms with E-state index in [1.807, 2.05) is 6.20 Å². The molecule has 14 heavy (non-hydrogen) atoms. The Morgan fingerprint density at radius 3 is 2.57 bits per heavy atom. The quantitative estimate of drug-likeness (QED) is 0.745. The molecule has 4 heteroatoms. The van der Waals surface area contributed by atoms with Gasteiger partial charge in [-0.1, -0.05) is 20.8 Å². The topological polar surface area (TPSA) is 58.3 Å². The normalized spacial score (nSPS) is 14.4. The summed E-state index contributed by atoms with van der Waals surface area (Å²) < 4.78 is 1.65. The van der Waals surface area contributed by atoms with E-state index in [-0.39, 0.29) is 12.0 Å². The molecule has 0 unspecified atom stereocenters. The van der Waals surface area contributed by atoms with Crippen molar-refractivity contribution in [3.63, 3.8) is 0 Å². The monoisotopic (exact) mass is 198 g/mol. The van der Waals surface area contributed by atoms with E-state index in [1.54, 1.807) is 10.9 Å². The Labute approximate surface area is 84.2 Å². The lowest BCUT2D eigenvalue weighted by Gasteiger charge is -2.15. The molecule has 1 rings (SSSR count). The number of nitrogens with zero attached hydrogens (tertiary/aromatic N) is 2. The van der Waals surface area contributed by atoms with Gasteiger partial charge in [0.1, 0.15) is 0 Å². The first-order chi connectivity index (χ1) is 6.43. The maximum atomic E-state index is 9.21. The molecule has 0 aliphatic heterocycles. The van der Waals surface area contributed by atoms with Gasteiger partial charge in [0.15, 0.2) is 0 Å². The molecular weight excluding hydrogens is 180 g/mol. The number of aromatic nitrogens is 2. The van der Waals surface area contributed by atoms with Crippen molar-refractivity contribution in [1.29, 1.82) is 0 Å². The summed E-state index contributed by atoms with van der Waals surface area (Å²) in [6.07, 6.45) is 2.96.